The third-order valence-corrected chi connectivity index (χ3v) is 7.63. The molecule has 1 aromatic carbocycles. The molecule has 10 nitrogen and oxygen atoms in total. The fourth-order valence-electron chi connectivity index (χ4n) is 4.57. The van der Waals surface area contributed by atoms with Crippen molar-refractivity contribution < 1.29 is 13.9 Å². The molecule has 0 aliphatic carbocycles. The Bertz CT molecular complexity index is 1550. The van der Waals surface area contributed by atoms with Gasteiger partial charge in [0.2, 0.25) is 5.91 Å². The maximum absolute atomic E-state index is 13.9. The second-order valence-electron chi connectivity index (χ2n) is 8.48. The number of ether oxygens (including phenoxy) is 1. The Hall–Kier alpha value is -3.80. The summed E-state index contributed by atoms with van der Waals surface area (Å²) in [6.07, 6.45) is 3.44. The zero-order valence-corrected chi connectivity index (χ0v) is 20.2. The number of amides is 1. The topological polar surface area (TPSA) is 104 Å². The molecule has 182 valence electrons. The smallest absolute Gasteiger partial charge is 0.332 e. The van der Waals surface area contributed by atoms with Gasteiger partial charge in [-0.05, 0) is 37.1 Å². The molecule has 0 bridgehead atoms. The number of benzene rings is 1. The molecule has 1 aliphatic heterocycles. The van der Waals surface area contributed by atoms with Crippen molar-refractivity contribution in [3.8, 4) is 10.8 Å². The van der Waals surface area contributed by atoms with Crippen LogP contribution in [0.1, 0.15) is 23.6 Å². The van der Waals surface area contributed by atoms with Gasteiger partial charge in [0.25, 0.3) is 5.56 Å². The molecule has 1 atom stereocenters. The van der Waals surface area contributed by atoms with E-state index >= 15 is 0 Å². The van der Waals surface area contributed by atoms with Crippen molar-refractivity contribution in [2.75, 3.05) is 20.7 Å². The Kier molecular flexibility index (Phi) is 5.75. The van der Waals surface area contributed by atoms with E-state index in [9.17, 15) is 18.8 Å². The largest absolute Gasteiger partial charge is 0.496 e. The molecule has 0 saturated carbocycles. The second kappa shape index (κ2) is 8.77. The number of likely N-dealkylation sites (tertiary alicyclic amines) is 1. The fourth-order valence-corrected chi connectivity index (χ4v) is 5.81. The molecule has 1 amide bonds. The summed E-state index contributed by atoms with van der Waals surface area (Å²) >= 11 is 1.24. The standard InChI is InChI=1S/C23H23FN6O4S/c1-13-19-20(32)29(16-11-18(31)27(2)12-16)23(33)28(22(19)35-21(13)30-25-7-8-26-30)9-6-14-10-15(24)4-5-17(14)34-3/h4-5,7-8,10,16H,6,9,11-12H2,1-3H3/t16-/m0/s1. The van der Waals surface area contributed by atoms with Crippen LogP contribution in [0.5, 0.6) is 5.75 Å². The molecule has 35 heavy (non-hydrogen) atoms. The SMILES string of the molecule is COc1ccc(F)cc1CCn1c(=O)n([C@H]2CC(=O)N(C)C2)c(=O)c2c(C)c(-n3nccn3)sc21. The summed E-state index contributed by atoms with van der Waals surface area (Å²) in [5.74, 6) is -0.0217. The zero-order chi connectivity index (χ0) is 24.9. The minimum absolute atomic E-state index is 0.0750. The summed E-state index contributed by atoms with van der Waals surface area (Å²) in [6.45, 7) is 2.24. The monoisotopic (exact) mass is 498 g/mol. The summed E-state index contributed by atoms with van der Waals surface area (Å²) < 4.78 is 22.0. The average Bonchev–Trinajstić information content (AvgIpc) is 3.54. The molecule has 4 aromatic rings. The lowest BCUT2D eigenvalue weighted by Gasteiger charge is -2.17. The summed E-state index contributed by atoms with van der Waals surface area (Å²) in [4.78, 5) is 43.0. The molecule has 1 saturated heterocycles. The van der Waals surface area contributed by atoms with E-state index in [1.165, 1.54) is 61.8 Å². The number of methoxy groups -OCH3 is 1. The number of hydrogen-bond acceptors (Lipinski definition) is 7. The van der Waals surface area contributed by atoms with Gasteiger partial charge in [0.15, 0.2) is 0 Å². The summed E-state index contributed by atoms with van der Waals surface area (Å²) in [5, 5.41) is 9.37. The van der Waals surface area contributed by atoms with Gasteiger partial charge in [0.1, 0.15) is 21.4 Å². The lowest BCUT2D eigenvalue weighted by atomic mass is 10.1. The van der Waals surface area contributed by atoms with Gasteiger partial charge in [-0.3, -0.25) is 18.7 Å². The number of halogens is 1. The molecule has 3 aromatic heterocycles. The number of nitrogens with zero attached hydrogens (tertiary/aromatic N) is 6. The van der Waals surface area contributed by atoms with E-state index in [0.717, 1.165) is 0 Å². The first-order valence-electron chi connectivity index (χ1n) is 11.0. The molecular formula is C23H23FN6O4S. The van der Waals surface area contributed by atoms with E-state index in [1.807, 2.05) is 0 Å². The molecule has 1 aliphatic rings. The molecule has 12 heteroatoms. The Morgan fingerprint density at radius 2 is 1.94 bits per heavy atom. The van der Waals surface area contributed by atoms with Gasteiger partial charge in [-0.15, -0.1) is 4.80 Å². The Labute approximate surface area is 202 Å². The first-order valence-corrected chi connectivity index (χ1v) is 11.8. The van der Waals surface area contributed by atoms with E-state index in [2.05, 4.69) is 10.2 Å². The van der Waals surface area contributed by atoms with Gasteiger partial charge in [-0.2, -0.15) is 10.2 Å². The van der Waals surface area contributed by atoms with Crippen LogP contribution >= 0.6 is 11.3 Å². The summed E-state index contributed by atoms with van der Waals surface area (Å²) in [5.41, 5.74) is 0.301. The molecule has 5 rings (SSSR count). The highest BCUT2D eigenvalue weighted by atomic mass is 32.1. The summed E-state index contributed by atoms with van der Waals surface area (Å²) in [7, 11) is 3.15. The highest BCUT2D eigenvalue weighted by molar-refractivity contribution is 7.21. The number of thiophene rings is 1. The maximum Gasteiger partial charge on any atom is 0.332 e. The van der Waals surface area contributed by atoms with Gasteiger partial charge >= 0.3 is 5.69 Å². The third-order valence-electron chi connectivity index (χ3n) is 6.35. The van der Waals surface area contributed by atoms with Crippen LogP contribution in [-0.2, 0) is 17.8 Å². The van der Waals surface area contributed by atoms with Crippen molar-refractivity contribution >= 4 is 27.5 Å². The van der Waals surface area contributed by atoms with Crippen molar-refractivity contribution in [1.82, 2.24) is 29.0 Å². The van der Waals surface area contributed by atoms with Gasteiger partial charge in [-0.1, -0.05) is 11.3 Å². The van der Waals surface area contributed by atoms with E-state index < -0.39 is 23.1 Å². The van der Waals surface area contributed by atoms with Crippen LogP contribution < -0.4 is 16.0 Å². The Morgan fingerprint density at radius 1 is 1.20 bits per heavy atom. The number of fused-ring (bicyclic) bond motifs is 1. The van der Waals surface area contributed by atoms with Crippen LogP contribution in [0, 0.1) is 12.7 Å². The molecule has 0 spiro atoms. The number of rotatable bonds is 6. The van der Waals surface area contributed by atoms with Crippen molar-refractivity contribution in [1.29, 1.82) is 0 Å². The highest BCUT2D eigenvalue weighted by Gasteiger charge is 2.32. The predicted octanol–water partition coefficient (Wildman–Crippen LogP) is 1.91. The van der Waals surface area contributed by atoms with Crippen molar-refractivity contribution in [3.63, 3.8) is 0 Å². The van der Waals surface area contributed by atoms with Crippen LogP contribution in [0.2, 0.25) is 0 Å². The maximum atomic E-state index is 13.9. The number of hydrogen-bond donors (Lipinski definition) is 0. The van der Waals surface area contributed by atoms with E-state index in [1.54, 1.807) is 20.0 Å². The van der Waals surface area contributed by atoms with Gasteiger partial charge in [0, 0.05) is 32.1 Å². The lowest BCUT2D eigenvalue weighted by molar-refractivity contribution is -0.126. The van der Waals surface area contributed by atoms with Gasteiger partial charge in [-0.25, -0.2) is 9.18 Å². The molecule has 0 unspecified atom stereocenters. The quantitative estimate of drug-likeness (QED) is 0.402. The van der Waals surface area contributed by atoms with Crippen LogP contribution in [0.25, 0.3) is 15.2 Å². The van der Waals surface area contributed by atoms with Gasteiger partial charge < -0.3 is 9.64 Å². The first-order chi connectivity index (χ1) is 16.8. The van der Waals surface area contributed by atoms with Crippen LogP contribution in [0.3, 0.4) is 0 Å². The van der Waals surface area contributed by atoms with Gasteiger partial charge in [0.05, 0.1) is 30.9 Å². The lowest BCUT2D eigenvalue weighted by Crippen LogP contribution is -2.43. The second-order valence-corrected chi connectivity index (χ2v) is 9.46. The number of aryl methyl sites for hydroxylation is 3. The minimum Gasteiger partial charge on any atom is -0.496 e. The molecule has 0 N–H and O–H groups in total. The van der Waals surface area contributed by atoms with Crippen LogP contribution in [0.15, 0.2) is 40.2 Å². The summed E-state index contributed by atoms with van der Waals surface area (Å²) in [6, 6.07) is 3.66. The molecule has 1 fully saturated rings. The average molecular weight is 499 g/mol. The first kappa shape index (κ1) is 23.0. The zero-order valence-electron chi connectivity index (χ0n) is 19.4. The Morgan fingerprint density at radius 3 is 2.60 bits per heavy atom. The normalized spacial score (nSPS) is 15.9. The number of aromatic nitrogens is 5. The predicted molar refractivity (Wildman–Crippen MR) is 128 cm³/mol. The minimum atomic E-state index is -0.572. The number of carbonyl (C=O) groups excluding carboxylic acids is 1. The van der Waals surface area contributed by atoms with Crippen LogP contribution in [-0.4, -0.2) is 55.6 Å². The third kappa shape index (κ3) is 3.83. The Balaban J connectivity index is 1.70. The number of carbonyl (C=O) groups is 1. The highest BCUT2D eigenvalue weighted by Crippen LogP contribution is 2.31. The molecular weight excluding hydrogens is 475 g/mol. The van der Waals surface area contributed by atoms with Crippen molar-refractivity contribution in [2.45, 2.75) is 32.4 Å². The fraction of sp³-hybridized carbons (Fsp3) is 0.348. The number of likely N-dealkylation sites (N-methyl/N-ethyl adjacent to an activating group) is 1. The van der Waals surface area contributed by atoms with Crippen molar-refractivity contribution in [3.05, 3.63) is 68.4 Å². The molecule has 4 heterocycles. The van der Waals surface area contributed by atoms with Crippen molar-refractivity contribution in [2.24, 2.45) is 0 Å². The van der Waals surface area contributed by atoms with E-state index in [0.29, 0.717) is 38.5 Å². The van der Waals surface area contributed by atoms with E-state index in [-0.39, 0.29) is 25.4 Å². The van der Waals surface area contributed by atoms with E-state index in [4.69, 9.17) is 4.74 Å². The van der Waals surface area contributed by atoms with Crippen LogP contribution in [0.4, 0.5) is 4.39 Å². The molecule has 0 radical (unpaired) electrons.